The van der Waals surface area contributed by atoms with Crippen LogP contribution in [0.3, 0.4) is 0 Å². The summed E-state index contributed by atoms with van der Waals surface area (Å²) in [6.07, 6.45) is 8.61. The summed E-state index contributed by atoms with van der Waals surface area (Å²) in [5.74, 6) is 3.10. The second-order valence-electron chi connectivity index (χ2n) is 8.30. The molecule has 2 aliphatic rings. The predicted molar refractivity (Wildman–Crippen MR) is 98.2 cm³/mol. The predicted octanol–water partition coefficient (Wildman–Crippen LogP) is 7.47. The van der Waals surface area contributed by atoms with E-state index >= 15 is 0 Å². The summed E-state index contributed by atoms with van der Waals surface area (Å²) < 4.78 is 40.8. The van der Waals surface area contributed by atoms with E-state index in [-0.39, 0.29) is 5.75 Å². The second kappa shape index (κ2) is 8.67. The topological polar surface area (TPSA) is 9.23 Å². The van der Waals surface area contributed by atoms with Gasteiger partial charge in [0.15, 0.2) is 0 Å². The Hall–Kier alpha value is -1.19. The van der Waals surface area contributed by atoms with Crippen molar-refractivity contribution in [3.05, 3.63) is 29.8 Å². The molecule has 0 bridgehead atoms. The van der Waals surface area contributed by atoms with Crippen molar-refractivity contribution in [2.45, 2.75) is 83.4 Å². The van der Waals surface area contributed by atoms with Crippen molar-refractivity contribution in [2.24, 2.45) is 17.8 Å². The van der Waals surface area contributed by atoms with Crippen molar-refractivity contribution in [1.82, 2.24) is 0 Å². The van der Waals surface area contributed by atoms with Crippen molar-refractivity contribution in [3.8, 4) is 5.75 Å². The fourth-order valence-corrected chi connectivity index (χ4v) is 5.22. The van der Waals surface area contributed by atoms with Crippen molar-refractivity contribution < 1.29 is 17.9 Å². The van der Waals surface area contributed by atoms with Gasteiger partial charge in [0, 0.05) is 0 Å². The first-order valence-electron chi connectivity index (χ1n) is 10.3. The van der Waals surface area contributed by atoms with E-state index in [2.05, 4.69) is 11.7 Å². The molecule has 0 amide bonds. The van der Waals surface area contributed by atoms with Crippen LogP contribution in [0.1, 0.15) is 82.6 Å². The maximum absolute atomic E-state index is 12.3. The number of hydrogen-bond donors (Lipinski definition) is 0. The zero-order valence-corrected chi connectivity index (χ0v) is 15.7. The molecule has 3 rings (SSSR count). The lowest BCUT2D eigenvalue weighted by molar-refractivity contribution is -0.274. The zero-order chi connectivity index (χ0) is 18.6. The molecule has 1 aromatic rings. The Morgan fingerprint density at radius 1 is 0.846 bits per heavy atom. The molecule has 0 spiro atoms. The maximum atomic E-state index is 12.3. The Morgan fingerprint density at radius 2 is 1.38 bits per heavy atom. The van der Waals surface area contributed by atoms with Crippen molar-refractivity contribution in [2.75, 3.05) is 0 Å². The largest absolute Gasteiger partial charge is 0.573 e. The Labute approximate surface area is 155 Å². The molecule has 0 atom stereocenters. The number of alkyl halides is 3. The summed E-state index contributed by atoms with van der Waals surface area (Å²) in [5, 5.41) is 0. The monoisotopic (exact) mass is 368 g/mol. The molecule has 1 aromatic carbocycles. The van der Waals surface area contributed by atoms with Gasteiger partial charge >= 0.3 is 6.36 Å². The highest BCUT2D eigenvalue weighted by Crippen LogP contribution is 2.44. The number of benzene rings is 1. The quantitative estimate of drug-likeness (QED) is 0.524. The Morgan fingerprint density at radius 3 is 1.88 bits per heavy atom. The van der Waals surface area contributed by atoms with Crippen molar-refractivity contribution in [3.63, 3.8) is 0 Å². The Balaban J connectivity index is 1.46. The molecule has 0 aliphatic heterocycles. The molecule has 146 valence electrons. The summed E-state index contributed by atoms with van der Waals surface area (Å²) in [6.45, 7) is 2.29. The molecule has 0 heterocycles. The molecule has 2 aliphatic carbocycles. The molecule has 0 aromatic heterocycles. The summed E-state index contributed by atoms with van der Waals surface area (Å²) in [4.78, 5) is 0. The van der Waals surface area contributed by atoms with E-state index in [1.165, 1.54) is 76.3 Å². The van der Waals surface area contributed by atoms with E-state index in [4.69, 9.17) is 0 Å². The summed E-state index contributed by atoms with van der Waals surface area (Å²) in [7, 11) is 0. The third-order valence-electron chi connectivity index (χ3n) is 6.61. The molecule has 0 N–H and O–H groups in total. The van der Waals surface area contributed by atoms with Gasteiger partial charge in [-0.25, -0.2) is 0 Å². The number of ether oxygens (including phenoxy) is 1. The lowest BCUT2D eigenvalue weighted by atomic mass is 9.68. The van der Waals surface area contributed by atoms with Gasteiger partial charge in [0.05, 0.1) is 0 Å². The van der Waals surface area contributed by atoms with E-state index in [0.29, 0.717) is 5.92 Å². The number of halogens is 3. The lowest BCUT2D eigenvalue weighted by Crippen LogP contribution is -2.25. The average Bonchev–Trinajstić information content (AvgIpc) is 2.62. The molecule has 0 unspecified atom stereocenters. The van der Waals surface area contributed by atoms with Crippen LogP contribution in [-0.4, -0.2) is 6.36 Å². The molecular formula is C22H31F3O. The summed E-state index contributed by atoms with van der Waals surface area (Å²) in [5.41, 5.74) is 1.16. The molecule has 0 saturated heterocycles. The first-order valence-corrected chi connectivity index (χ1v) is 10.3. The minimum Gasteiger partial charge on any atom is -0.406 e. The molecule has 2 saturated carbocycles. The normalized spacial score (nSPS) is 30.2. The van der Waals surface area contributed by atoms with Crippen molar-refractivity contribution >= 4 is 0 Å². The molecule has 4 heteroatoms. The van der Waals surface area contributed by atoms with Crippen molar-refractivity contribution in [1.29, 1.82) is 0 Å². The van der Waals surface area contributed by atoms with Gasteiger partial charge in [-0.15, -0.1) is 13.2 Å². The third-order valence-corrected chi connectivity index (χ3v) is 6.61. The number of rotatable bonds is 5. The minimum absolute atomic E-state index is 0.126. The smallest absolute Gasteiger partial charge is 0.406 e. The van der Waals surface area contributed by atoms with Gasteiger partial charge in [-0.3, -0.25) is 0 Å². The van der Waals surface area contributed by atoms with Gasteiger partial charge in [0.1, 0.15) is 5.75 Å². The molecule has 0 radical (unpaired) electrons. The fourth-order valence-electron chi connectivity index (χ4n) is 5.22. The van der Waals surface area contributed by atoms with E-state index in [0.717, 1.165) is 23.3 Å². The van der Waals surface area contributed by atoms with E-state index in [1.54, 1.807) is 0 Å². The van der Waals surface area contributed by atoms with Gasteiger partial charge in [-0.1, -0.05) is 44.7 Å². The van der Waals surface area contributed by atoms with Crippen LogP contribution in [0.2, 0.25) is 0 Å². The molecule has 2 fully saturated rings. The average molecular weight is 368 g/mol. The maximum Gasteiger partial charge on any atom is 0.573 e. The Bertz CT molecular complexity index is 536. The van der Waals surface area contributed by atoms with Crippen LogP contribution in [0.15, 0.2) is 24.3 Å². The Kier molecular flexibility index (Phi) is 6.52. The van der Waals surface area contributed by atoms with Crippen LogP contribution in [0, 0.1) is 17.8 Å². The first-order chi connectivity index (χ1) is 12.4. The minimum atomic E-state index is -4.62. The highest BCUT2D eigenvalue weighted by molar-refractivity contribution is 5.29. The van der Waals surface area contributed by atoms with Crippen LogP contribution in [0.4, 0.5) is 13.2 Å². The van der Waals surface area contributed by atoms with Gasteiger partial charge in [0.2, 0.25) is 0 Å². The zero-order valence-electron chi connectivity index (χ0n) is 15.7. The van der Waals surface area contributed by atoms with E-state index < -0.39 is 6.36 Å². The first kappa shape index (κ1) is 19.6. The molecular weight excluding hydrogens is 337 g/mol. The molecule has 26 heavy (non-hydrogen) atoms. The van der Waals surface area contributed by atoms with Gasteiger partial charge in [-0.05, 0) is 79.9 Å². The van der Waals surface area contributed by atoms with Gasteiger partial charge in [-0.2, -0.15) is 0 Å². The molecule has 1 nitrogen and oxygen atoms in total. The standard InChI is InChI=1S/C22H31F3O/c1-2-3-16-4-6-17(7-5-16)18-8-10-19(11-9-18)20-12-14-21(15-13-20)26-22(23,24)25/h12-19H,2-11H2,1H3/t16-,17-,18?,19?. The van der Waals surface area contributed by atoms with Crippen LogP contribution < -0.4 is 4.74 Å². The highest BCUT2D eigenvalue weighted by Gasteiger charge is 2.32. The van der Waals surface area contributed by atoms with Crippen LogP contribution in [-0.2, 0) is 0 Å². The second-order valence-corrected chi connectivity index (χ2v) is 8.30. The van der Waals surface area contributed by atoms with Crippen LogP contribution in [0.5, 0.6) is 5.75 Å². The van der Waals surface area contributed by atoms with Gasteiger partial charge in [0.25, 0.3) is 0 Å². The summed E-state index contributed by atoms with van der Waals surface area (Å²) in [6, 6.07) is 6.51. The van der Waals surface area contributed by atoms with E-state index in [1.807, 2.05) is 12.1 Å². The summed E-state index contributed by atoms with van der Waals surface area (Å²) >= 11 is 0. The highest BCUT2D eigenvalue weighted by atomic mass is 19.4. The van der Waals surface area contributed by atoms with Crippen LogP contribution in [0.25, 0.3) is 0 Å². The SMILES string of the molecule is CCC[C@H]1CC[C@H](C2CCC(c3ccc(OC(F)(F)F)cc3)CC2)CC1. The number of hydrogen-bond acceptors (Lipinski definition) is 1. The van der Waals surface area contributed by atoms with Gasteiger partial charge < -0.3 is 4.74 Å². The van der Waals surface area contributed by atoms with E-state index in [9.17, 15) is 13.2 Å². The fraction of sp³-hybridized carbons (Fsp3) is 0.727. The lowest BCUT2D eigenvalue weighted by Gasteiger charge is -2.38. The third kappa shape index (κ3) is 5.40. The van der Waals surface area contributed by atoms with Crippen LogP contribution >= 0.6 is 0 Å².